The SMILES string of the molecule is COC(=O)c1cc(NCC2CCCCN2)c(F)cc1F. The number of rotatable bonds is 4. The van der Waals surface area contributed by atoms with Gasteiger partial charge in [-0.2, -0.15) is 0 Å². The number of carbonyl (C=O) groups is 1. The van der Waals surface area contributed by atoms with Gasteiger partial charge in [-0.25, -0.2) is 13.6 Å². The Balaban J connectivity index is 2.08. The molecule has 20 heavy (non-hydrogen) atoms. The molecule has 0 aliphatic carbocycles. The monoisotopic (exact) mass is 284 g/mol. The van der Waals surface area contributed by atoms with Gasteiger partial charge < -0.3 is 15.4 Å². The summed E-state index contributed by atoms with van der Waals surface area (Å²) in [4.78, 5) is 11.4. The van der Waals surface area contributed by atoms with Crippen molar-refractivity contribution in [1.82, 2.24) is 5.32 Å². The fraction of sp³-hybridized carbons (Fsp3) is 0.500. The van der Waals surface area contributed by atoms with Gasteiger partial charge in [0.1, 0.15) is 11.6 Å². The lowest BCUT2D eigenvalue weighted by Gasteiger charge is -2.24. The van der Waals surface area contributed by atoms with Crippen molar-refractivity contribution in [2.45, 2.75) is 25.3 Å². The van der Waals surface area contributed by atoms with E-state index in [0.29, 0.717) is 12.6 Å². The third kappa shape index (κ3) is 3.45. The Morgan fingerprint density at radius 1 is 1.40 bits per heavy atom. The molecular formula is C14H18F2N2O2. The maximum absolute atomic E-state index is 13.7. The van der Waals surface area contributed by atoms with E-state index >= 15 is 0 Å². The molecule has 0 bridgehead atoms. The molecule has 0 spiro atoms. The number of hydrogen-bond donors (Lipinski definition) is 2. The first-order valence-corrected chi connectivity index (χ1v) is 6.66. The van der Waals surface area contributed by atoms with Crippen LogP contribution in [0.4, 0.5) is 14.5 Å². The molecular weight excluding hydrogens is 266 g/mol. The summed E-state index contributed by atoms with van der Waals surface area (Å²) < 4.78 is 31.6. The summed E-state index contributed by atoms with van der Waals surface area (Å²) in [6.07, 6.45) is 3.30. The molecule has 1 aromatic rings. The lowest BCUT2D eigenvalue weighted by Crippen LogP contribution is -2.39. The highest BCUT2D eigenvalue weighted by Gasteiger charge is 2.18. The highest BCUT2D eigenvalue weighted by Crippen LogP contribution is 2.20. The molecule has 0 saturated carbocycles. The molecule has 4 nitrogen and oxygen atoms in total. The summed E-state index contributed by atoms with van der Waals surface area (Å²) in [5, 5.41) is 6.24. The van der Waals surface area contributed by atoms with Crippen LogP contribution in [0.1, 0.15) is 29.6 Å². The summed E-state index contributed by atoms with van der Waals surface area (Å²) >= 11 is 0. The van der Waals surface area contributed by atoms with Crippen molar-refractivity contribution >= 4 is 11.7 Å². The lowest BCUT2D eigenvalue weighted by atomic mass is 10.0. The van der Waals surface area contributed by atoms with Crippen LogP contribution in [0.25, 0.3) is 0 Å². The first kappa shape index (κ1) is 14.7. The zero-order valence-corrected chi connectivity index (χ0v) is 11.3. The Bertz CT molecular complexity index is 488. The zero-order chi connectivity index (χ0) is 14.5. The molecule has 1 atom stereocenters. The molecule has 1 unspecified atom stereocenters. The highest BCUT2D eigenvalue weighted by molar-refractivity contribution is 5.90. The molecule has 0 amide bonds. The second-order valence-electron chi connectivity index (χ2n) is 4.83. The van der Waals surface area contributed by atoms with Gasteiger partial charge in [0.15, 0.2) is 0 Å². The number of esters is 1. The molecule has 0 radical (unpaired) electrons. The van der Waals surface area contributed by atoms with E-state index in [-0.39, 0.29) is 17.3 Å². The molecule has 1 aromatic carbocycles. The van der Waals surface area contributed by atoms with Crippen LogP contribution < -0.4 is 10.6 Å². The van der Waals surface area contributed by atoms with Gasteiger partial charge in [-0.15, -0.1) is 0 Å². The molecule has 110 valence electrons. The average Bonchev–Trinajstić information content (AvgIpc) is 2.46. The molecule has 1 fully saturated rings. The summed E-state index contributed by atoms with van der Waals surface area (Å²) in [5.41, 5.74) is -0.160. The Morgan fingerprint density at radius 2 is 2.20 bits per heavy atom. The van der Waals surface area contributed by atoms with E-state index in [0.717, 1.165) is 39.0 Å². The normalized spacial score (nSPS) is 18.6. The predicted octanol–water partition coefficient (Wildman–Crippen LogP) is 2.31. The molecule has 1 aliphatic heterocycles. The molecule has 1 aliphatic rings. The molecule has 1 heterocycles. The second kappa shape index (κ2) is 6.65. The molecule has 0 aromatic heterocycles. The fourth-order valence-electron chi connectivity index (χ4n) is 2.28. The zero-order valence-electron chi connectivity index (χ0n) is 11.3. The molecule has 1 saturated heterocycles. The summed E-state index contributed by atoms with van der Waals surface area (Å²) in [6.45, 7) is 1.48. The summed E-state index contributed by atoms with van der Waals surface area (Å²) in [7, 11) is 1.16. The third-order valence-electron chi connectivity index (χ3n) is 3.41. The van der Waals surface area contributed by atoms with Crippen LogP contribution in [0.2, 0.25) is 0 Å². The van der Waals surface area contributed by atoms with E-state index in [9.17, 15) is 13.6 Å². The third-order valence-corrected chi connectivity index (χ3v) is 3.41. The number of benzene rings is 1. The van der Waals surface area contributed by atoms with Gasteiger partial charge >= 0.3 is 5.97 Å². The second-order valence-corrected chi connectivity index (χ2v) is 4.83. The van der Waals surface area contributed by atoms with E-state index in [1.807, 2.05) is 0 Å². The maximum atomic E-state index is 13.7. The van der Waals surface area contributed by atoms with Gasteiger partial charge in [-0.3, -0.25) is 0 Å². The standard InChI is InChI=1S/C14H18F2N2O2/c1-20-14(19)10-6-13(12(16)7-11(10)15)18-8-9-4-2-3-5-17-9/h6-7,9,17-18H,2-5,8H2,1H3. The molecule has 2 rings (SSSR count). The van der Waals surface area contributed by atoms with Gasteiger partial charge in [0.25, 0.3) is 0 Å². The summed E-state index contributed by atoms with van der Waals surface area (Å²) in [5.74, 6) is -2.46. The van der Waals surface area contributed by atoms with Crippen LogP contribution >= 0.6 is 0 Å². The Labute approximate surface area is 116 Å². The first-order valence-electron chi connectivity index (χ1n) is 6.66. The topological polar surface area (TPSA) is 50.4 Å². The van der Waals surface area contributed by atoms with E-state index < -0.39 is 17.6 Å². The minimum Gasteiger partial charge on any atom is -0.465 e. The quantitative estimate of drug-likeness (QED) is 0.833. The predicted molar refractivity (Wildman–Crippen MR) is 71.8 cm³/mol. The van der Waals surface area contributed by atoms with Crippen LogP contribution in [0.5, 0.6) is 0 Å². The fourth-order valence-corrected chi connectivity index (χ4v) is 2.28. The van der Waals surface area contributed by atoms with Crippen molar-refractivity contribution in [3.63, 3.8) is 0 Å². The van der Waals surface area contributed by atoms with Crippen LogP contribution in [-0.2, 0) is 4.74 Å². The minimum absolute atomic E-state index is 0.110. The van der Waals surface area contributed by atoms with E-state index in [1.54, 1.807) is 0 Å². The van der Waals surface area contributed by atoms with Crippen molar-refractivity contribution in [3.8, 4) is 0 Å². The Kier molecular flexibility index (Phi) is 4.89. The van der Waals surface area contributed by atoms with Crippen molar-refractivity contribution in [2.24, 2.45) is 0 Å². The number of nitrogens with one attached hydrogen (secondary N) is 2. The number of halogens is 2. The van der Waals surface area contributed by atoms with Gasteiger partial charge in [-0.1, -0.05) is 6.42 Å². The Hall–Kier alpha value is -1.69. The van der Waals surface area contributed by atoms with Gasteiger partial charge in [0.05, 0.1) is 18.4 Å². The number of ether oxygens (including phenoxy) is 1. The van der Waals surface area contributed by atoms with Crippen molar-refractivity contribution in [2.75, 3.05) is 25.5 Å². The number of carbonyl (C=O) groups excluding carboxylic acids is 1. The number of anilines is 1. The van der Waals surface area contributed by atoms with E-state index in [2.05, 4.69) is 15.4 Å². The van der Waals surface area contributed by atoms with E-state index in [1.165, 1.54) is 0 Å². The van der Waals surface area contributed by atoms with Crippen LogP contribution in [0.15, 0.2) is 12.1 Å². The highest BCUT2D eigenvalue weighted by atomic mass is 19.1. The van der Waals surface area contributed by atoms with Crippen molar-refractivity contribution in [1.29, 1.82) is 0 Å². The van der Waals surface area contributed by atoms with Gasteiger partial charge in [-0.05, 0) is 25.5 Å². The first-order chi connectivity index (χ1) is 9.61. The Morgan fingerprint density at radius 3 is 2.85 bits per heavy atom. The van der Waals surface area contributed by atoms with Crippen LogP contribution in [-0.4, -0.2) is 32.2 Å². The van der Waals surface area contributed by atoms with Crippen molar-refractivity contribution < 1.29 is 18.3 Å². The van der Waals surface area contributed by atoms with Crippen LogP contribution in [0, 0.1) is 11.6 Å². The minimum atomic E-state index is -0.921. The molecule has 6 heteroatoms. The average molecular weight is 284 g/mol. The largest absolute Gasteiger partial charge is 0.465 e. The van der Waals surface area contributed by atoms with Gasteiger partial charge in [0.2, 0.25) is 0 Å². The number of hydrogen-bond acceptors (Lipinski definition) is 4. The summed E-state index contributed by atoms with van der Waals surface area (Å²) in [6, 6.07) is 2.11. The number of piperidine rings is 1. The van der Waals surface area contributed by atoms with Crippen LogP contribution in [0.3, 0.4) is 0 Å². The molecule has 2 N–H and O–H groups in total. The van der Waals surface area contributed by atoms with Gasteiger partial charge in [0, 0.05) is 18.7 Å². The number of methoxy groups -OCH3 is 1. The maximum Gasteiger partial charge on any atom is 0.340 e. The van der Waals surface area contributed by atoms with Crippen molar-refractivity contribution in [3.05, 3.63) is 29.3 Å². The lowest BCUT2D eigenvalue weighted by molar-refractivity contribution is 0.0595. The van der Waals surface area contributed by atoms with E-state index in [4.69, 9.17) is 0 Å². The smallest absolute Gasteiger partial charge is 0.340 e.